The average molecular weight is 311 g/mol. The summed E-state index contributed by atoms with van der Waals surface area (Å²) in [6.45, 7) is 6.79. The molecule has 1 saturated carbocycles. The van der Waals surface area contributed by atoms with Crippen LogP contribution in [0.15, 0.2) is 29.2 Å². The lowest BCUT2D eigenvalue weighted by Gasteiger charge is -2.34. The smallest absolute Gasteiger partial charge is 0.240 e. The van der Waals surface area contributed by atoms with Gasteiger partial charge in [-0.25, -0.2) is 13.1 Å². The van der Waals surface area contributed by atoms with Gasteiger partial charge >= 0.3 is 0 Å². The van der Waals surface area contributed by atoms with Gasteiger partial charge in [0.15, 0.2) is 0 Å². The first-order valence-corrected chi connectivity index (χ1v) is 8.86. The molecule has 0 amide bonds. The number of benzene rings is 1. The van der Waals surface area contributed by atoms with Crippen molar-refractivity contribution in [3.05, 3.63) is 24.3 Å². The Bertz CT molecular complexity index is 579. The summed E-state index contributed by atoms with van der Waals surface area (Å²) in [6.07, 6.45) is 1.87. The molecule has 0 aliphatic heterocycles. The van der Waals surface area contributed by atoms with E-state index < -0.39 is 10.0 Å². The zero-order chi connectivity index (χ0) is 15.7. The number of hydrogen-bond donors (Lipinski definition) is 3. The van der Waals surface area contributed by atoms with Crippen LogP contribution < -0.4 is 15.8 Å². The van der Waals surface area contributed by atoms with E-state index >= 15 is 0 Å². The molecule has 1 aliphatic carbocycles. The minimum Gasteiger partial charge on any atom is -0.378 e. The van der Waals surface area contributed by atoms with E-state index in [-0.39, 0.29) is 11.6 Å². The van der Waals surface area contributed by atoms with Gasteiger partial charge in [-0.3, -0.25) is 0 Å². The molecule has 0 radical (unpaired) electrons. The molecule has 0 bridgehead atoms. The van der Waals surface area contributed by atoms with Gasteiger partial charge in [0.1, 0.15) is 0 Å². The number of anilines is 1. The van der Waals surface area contributed by atoms with Crippen molar-refractivity contribution in [3.63, 3.8) is 0 Å². The maximum Gasteiger partial charge on any atom is 0.240 e. The van der Waals surface area contributed by atoms with Crippen molar-refractivity contribution in [1.82, 2.24) is 4.72 Å². The normalized spacial score (nSPS) is 18.5. The van der Waals surface area contributed by atoms with Crippen LogP contribution in [0.2, 0.25) is 0 Å². The van der Waals surface area contributed by atoms with Gasteiger partial charge in [0.2, 0.25) is 10.0 Å². The number of sulfonamides is 1. The topological polar surface area (TPSA) is 84.2 Å². The summed E-state index contributed by atoms with van der Waals surface area (Å²) in [5.74, 6) is 0.363. The third-order valence-electron chi connectivity index (χ3n) is 4.19. The van der Waals surface area contributed by atoms with Crippen molar-refractivity contribution < 1.29 is 8.42 Å². The largest absolute Gasteiger partial charge is 0.378 e. The van der Waals surface area contributed by atoms with Crippen LogP contribution in [0.3, 0.4) is 0 Å². The van der Waals surface area contributed by atoms with Crippen LogP contribution in [0, 0.1) is 5.92 Å². The van der Waals surface area contributed by atoms with E-state index in [9.17, 15) is 8.42 Å². The molecule has 2 rings (SSSR count). The molecule has 5 nitrogen and oxygen atoms in total. The quantitative estimate of drug-likeness (QED) is 0.718. The molecule has 1 atom stereocenters. The molecule has 0 spiro atoms. The van der Waals surface area contributed by atoms with Crippen LogP contribution in [0.4, 0.5) is 5.69 Å². The Morgan fingerprint density at radius 2 is 1.86 bits per heavy atom. The first-order valence-electron chi connectivity index (χ1n) is 7.37. The standard InChI is InChI=1S/C15H25N3O2S/c1-11(2)15(3,10-16)17-12-6-8-14(9-7-12)21(19,20)18-13-4-5-13/h6-9,11,13,17-18H,4-5,10,16H2,1-3H3. The fraction of sp³-hybridized carbons (Fsp3) is 0.600. The fourth-order valence-electron chi connectivity index (χ4n) is 1.97. The number of rotatable bonds is 7. The Morgan fingerprint density at radius 1 is 1.29 bits per heavy atom. The van der Waals surface area contributed by atoms with E-state index in [0.29, 0.717) is 17.4 Å². The second-order valence-electron chi connectivity index (χ2n) is 6.32. The van der Waals surface area contributed by atoms with Gasteiger partial charge in [0.05, 0.1) is 4.90 Å². The molecule has 118 valence electrons. The summed E-state index contributed by atoms with van der Waals surface area (Å²) in [7, 11) is -3.38. The first-order chi connectivity index (χ1) is 9.77. The van der Waals surface area contributed by atoms with Crippen molar-refractivity contribution in [1.29, 1.82) is 0 Å². The minimum atomic E-state index is -3.38. The zero-order valence-electron chi connectivity index (χ0n) is 12.9. The van der Waals surface area contributed by atoms with E-state index in [1.165, 1.54) is 0 Å². The van der Waals surface area contributed by atoms with Crippen LogP contribution in [-0.4, -0.2) is 26.5 Å². The van der Waals surface area contributed by atoms with E-state index in [2.05, 4.69) is 30.8 Å². The molecule has 0 saturated heterocycles. The molecule has 6 heteroatoms. The minimum absolute atomic E-state index is 0.120. The van der Waals surface area contributed by atoms with Gasteiger partial charge < -0.3 is 11.1 Å². The van der Waals surface area contributed by atoms with Gasteiger partial charge in [-0.1, -0.05) is 13.8 Å². The highest BCUT2D eigenvalue weighted by molar-refractivity contribution is 7.89. The van der Waals surface area contributed by atoms with Crippen molar-refractivity contribution in [2.45, 2.75) is 50.1 Å². The summed E-state index contributed by atoms with van der Waals surface area (Å²) in [5, 5.41) is 3.40. The van der Waals surface area contributed by atoms with Gasteiger partial charge in [0, 0.05) is 23.8 Å². The number of hydrogen-bond acceptors (Lipinski definition) is 4. The Morgan fingerprint density at radius 3 is 2.29 bits per heavy atom. The molecule has 1 unspecified atom stereocenters. The number of nitrogens with two attached hydrogens (primary N) is 1. The summed E-state index contributed by atoms with van der Waals surface area (Å²) < 4.78 is 26.9. The predicted molar refractivity (Wildman–Crippen MR) is 85.7 cm³/mol. The summed E-state index contributed by atoms with van der Waals surface area (Å²) in [4.78, 5) is 0.305. The van der Waals surface area contributed by atoms with Gasteiger partial charge in [-0.2, -0.15) is 0 Å². The lowest BCUT2D eigenvalue weighted by atomic mass is 9.88. The summed E-state index contributed by atoms with van der Waals surface area (Å²) in [6, 6.07) is 6.96. The third kappa shape index (κ3) is 3.96. The van der Waals surface area contributed by atoms with Crippen molar-refractivity contribution in [2.75, 3.05) is 11.9 Å². The van der Waals surface area contributed by atoms with Crippen molar-refractivity contribution in [3.8, 4) is 0 Å². The summed E-state index contributed by atoms with van der Waals surface area (Å²) in [5.41, 5.74) is 6.51. The fourth-order valence-corrected chi connectivity index (χ4v) is 3.27. The maximum atomic E-state index is 12.1. The second-order valence-corrected chi connectivity index (χ2v) is 8.04. The van der Waals surface area contributed by atoms with Crippen molar-refractivity contribution in [2.24, 2.45) is 11.7 Å². The molecule has 0 aromatic heterocycles. The van der Waals surface area contributed by atoms with Crippen LogP contribution in [-0.2, 0) is 10.0 Å². The molecule has 21 heavy (non-hydrogen) atoms. The highest BCUT2D eigenvalue weighted by Crippen LogP contribution is 2.25. The molecule has 1 aliphatic rings. The van der Waals surface area contributed by atoms with Gasteiger partial charge in [0.25, 0.3) is 0 Å². The molecule has 4 N–H and O–H groups in total. The zero-order valence-corrected chi connectivity index (χ0v) is 13.7. The molecular weight excluding hydrogens is 286 g/mol. The monoisotopic (exact) mass is 311 g/mol. The van der Waals surface area contributed by atoms with Crippen molar-refractivity contribution >= 4 is 15.7 Å². The first kappa shape index (κ1) is 16.3. The Hall–Kier alpha value is -1.11. The lowest BCUT2D eigenvalue weighted by Crippen LogP contribution is -2.47. The SMILES string of the molecule is CC(C)C(C)(CN)Nc1ccc(S(=O)(=O)NC2CC2)cc1. The third-order valence-corrected chi connectivity index (χ3v) is 5.73. The van der Waals surface area contributed by atoms with Gasteiger partial charge in [-0.15, -0.1) is 0 Å². The molecule has 0 heterocycles. The number of nitrogens with one attached hydrogen (secondary N) is 2. The van der Waals surface area contributed by atoms with E-state index in [1.807, 2.05) is 0 Å². The molecular formula is C15H25N3O2S. The van der Waals surface area contributed by atoms with E-state index in [1.54, 1.807) is 24.3 Å². The predicted octanol–water partition coefficient (Wildman–Crippen LogP) is 1.91. The highest BCUT2D eigenvalue weighted by Gasteiger charge is 2.28. The second kappa shape index (κ2) is 5.94. The highest BCUT2D eigenvalue weighted by atomic mass is 32.2. The Balaban J connectivity index is 2.11. The lowest BCUT2D eigenvalue weighted by molar-refractivity contribution is 0.382. The van der Waals surface area contributed by atoms with Crippen LogP contribution in [0.5, 0.6) is 0 Å². The maximum absolute atomic E-state index is 12.1. The average Bonchev–Trinajstić information content (AvgIpc) is 3.22. The van der Waals surface area contributed by atoms with Crippen LogP contribution in [0.1, 0.15) is 33.6 Å². The van der Waals surface area contributed by atoms with Crippen LogP contribution in [0.25, 0.3) is 0 Å². The van der Waals surface area contributed by atoms with E-state index in [4.69, 9.17) is 5.73 Å². The summed E-state index contributed by atoms with van der Waals surface area (Å²) >= 11 is 0. The molecule has 1 aromatic rings. The molecule has 1 fully saturated rings. The Kier molecular flexibility index (Phi) is 4.60. The van der Waals surface area contributed by atoms with Crippen LogP contribution >= 0.6 is 0 Å². The van der Waals surface area contributed by atoms with E-state index in [0.717, 1.165) is 18.5 Å². The molecule has 1 aromatic carbocycles. The van der Waals surface area contributed by atoms with Gasteiger partial charge in [-0.05, 0) is 49.9 Å². The Labute approximate surface area is 127 Å².